The van der Waals surface area contributed by atoms with Crippen molar-refractivity contribution in [1.29, 1.82) is 0 Å². The van der Waals surface area contributed by atoms with Gasteiger partial charge >= 0.3 is 0 Å². The fourth-order valence-electron chi connectivity index (χ4n) is 0.945. The molecule has 0 saturated heterocycles. The van der Waals surface area contributed by atoms with Gasteiger partial charge in [-0.3, -0.25) is 4.79 Å². The molecule has 0 aliphatic rings. The van der Waals surface area contributed by atoms with E-state index in [0.717, 1.165) is 12.8 Å². The zero-order chi connectivity index (χ0) is 11.2. The van der Waals surface area contributed by atoms with Gasteiger partial charge in [-0.2, -0.15) is 11.8 Å². The molecule has 0 saturated carbocycles. The van der Waals surface area contributed by atoms with Crippen molar-refractivity contribution in [3.8, 4) is 0 Å². The molecule has 0 fully saturated rings. The third kappa shape index (κ3) is 5.50. The first-order valence-corrected chi connectivity index (χ1v) is 6.24. The van der Waals surface area contributed by atoms with E-state index in [0.29, 0.717) is 6.54 Å². The summed E-state index contributed by atoms with van der Waals surface area (Å²) in [5, 5.41) is 2.87. The molecule has 0 heterocycles. The summed E-state index contributed by atoms with van der Waals surface area (Å²) in [5.74, 6) is -0.0334. The predicted molar refractivity (Wildman–Crippen MR) is 63.5 cm³/mol. The molecule has 0 bridgehead atoms. The molecule has 3 N–H and O–H groups in total. The second-order valence-electron chi connectivity index (χ2n) is 4.08. The van der Waals surface area contributed by atoms with Gasteiger partial charge in [-0.05, 0) is 26.5 Å². The summed E-state index contributed by atoms with van der Waals surface area (Å²) in [6.45, 7) is 6.90. The Bertz CT molecular complexity index is 183. The molecule has 0 radical (unpaired) electrons. The summed E-state index contributed by atoms with van der Waals surface area (Å²) in [5.41, 5.74) is 5.68. The molecule has 0 aromatic carbocycles. The molecule has 0 unspecified atom stereocenters. The Kier molecular flexibility index (Phi) is 6.20. The SMILES string of the molecule is CCC[C@@H](N)C(=O)NCC(C)(C)SC. The maximum absolute atomic E-state index is 11.5. The average Bonchev–Trinajstić information content (AvgIpc) is 2.15. The van der Waals surface area contributed by atoms with E-state index in [-0.39, 0.29) is 16.7 Å². The van der Waals surface area contributed by atoms with E-state index in [9.17, 15) is 4.79 Å². The van der Waals surface area contributed by atoms with E-state index in [4.69, 9.17) is 5.73 Å². The quantitative estimate of drug-likeness (QED) is 0.708. The summed E-state index contributed by atoms with van der Waals surface area (Å²) >= 11 is 1.74. The van der Waals surface area contributed by atoms with Crippen LogP contribution in [-0.2, 0) is 4.79 Å². The molecular weight excluding hydrogens is 196 g/mol. The second-order valence-corrected chi connectivity index (χ2v) is 5.59. The third-order valence-corrected chi connectivity index (χ3v) is 3.43. The number of amides is 1. The molecule has 4 heteroatoms. The van der Waals surface area contributed by atoms with Gasteiger partial charge in [0.15, 0.2) is 0 Å². The first kappa shape index (κ1) is 13.8. The van der Waals surface area contributed by atoms with Gasteiger partial charge in [-0.1, -0.05) is 13.3 Å². The number of carbonyl (C=O) groups excluding carboxylic acids is 1. The Morgan fingerprint density at radius 3 is 2.57 bits per heavy atom. The van der Waals surface area contributed by atoms with Crippen molar-refractivity contribution in [3.05, 3.63) is 0 Å². The largest absolute Gasteiger partial charge is 0.353 e. The Hall–Kier alpha value is -0.220. The highest BCUT2D eigenvalue weighted by Gasteiger charge is 2.19. The summed E-state index contributed by atoms with van der Waals surface area (Å²) in [4.78, 5) is 11.5. The van der Waals surface area contributed by atoms with Crippen LogP contribution in [0.4, 0.5) is 0 Å². The van der Waals surface area contributed by atoms with Crippen molar-refractivity contribution in [2.45, 2.75) is 44.4 Å². The van der Waals surface area contributed by atoms with E-state index in [1.54, 1.807) is 11.8 Å². The average molecular weight is 218 g/mol. The highest BCUT2D eigenvalue weighted by Crippen LogP contribution is 2.19. The van der Waals surface area contributed by atoms with Gasteiger partial charge in [-0.25, -0.2) is 0 Å². The number of nitrogens with one attached hydrogen (secondary N) is 1. The minimum atomic E-state index is -0.349. The van der Waals surface area contributed by atoms with Crippen molar-refractivity contribution in [2.24, 2.45) is 5.73 Å². The van der Waals surface area contributed by atoms with Crippen molar-refractivity contribution >= 4 is 17.7 Å². The lowest BCUT2D eigenvalue weighted by atomic mass is 10.1. The lowest BCUT2D eigenvalue weighted by molar-refractivity contribution is -0.122. The van der Waals surface area contributed by atoms with E-state index >= 15 is 0 Å². The van der Waals surface area contributed by atoms with Crippen molar-refractivity contribution in [3.63, 3.8) is 0 Å². The van der Waals surface area contributed by atoms with Gasteiger partial charge in [0.1, 0.15) is 0 Å². The zero-order valence-electron chi connectivity index (χ0n) is 9.59. The summed E-state index contributed by atoms with van der Waals surface area (Å²) < 4.78 is 0.0849. The van der Waals surface area contributed by atoms with Gasteiger partial charge in [0.25, 0.3) is 0 Å². The second kappa shape index (κ2) is 6.30. The molecule has 0 aliphatic carbocycles. The van der Waals surface area contributed by atoms with E-state index in [1.807, 2.05) is 13.2 Å². The minimum Gasteiger partial charge on any atom is -0.353 e. The van der Waals surface area contributed by atoms with Crippen LogP contribution in [0.3, 0.4) is 0 Å². The normalized spacial score (nSPS) is 13.8. The number of nitrogens with two attached hydrogens (primary N) is 1. The molecule has 0 aromatic rings. The Morgan fingerprint density at radius 1 is 1.57 bits per heavy atom. The fraction of sp³-hybridized carbons (Fsp3) is 0.900. The number of hydrogen-bond donors (Lipinski definition) is 2. The van der Waals surface area contributed by atoms with Gasteiger partial charge in [0.05, 0.1) is 6.04 Å². The first-order valence-electron chi connectivity index (χ1n) is 5.01. The van der Waals surface area contributed by atoms with E-state index in [1.165, 1.54) is 0 Å². The van der Waals surface area contributed by atoms with E-state index in [2.05, 4.69) is 19.2 Å². The number of hydrogen-bond acceptors (Lipinski definition) is 3. The Balaban J connectivity index is 3.84. The van der Waals surface area contributed by atoms with Crippen LogP contribution in [0.2, 0.25) is 0 Å². The van der Waals surface area contributed by atoms with Crippen LogP contribution < -0.4 is 11.1 Å². The van der Waals surface area contributed by atoms with Crippen LogP contribution in [0.5, 0.6) is 0 Å². The number of thioether (sulfide) groups is 1. The maximum Gasteiger partial charge on any atom is 0.236 e. The van der Waals surface area contributed by atoms with Crippen molar-refractivity contribution < 1.29 is 4.79 Å². The highest BCUT2D eigenvalue weighted by atomic mass is 32.2. The molecule has 1 atom stereocenters. The maximum atomic E-state index is 11.5. The molecule has 14 heavy (non-hydrogen) atoms. The van der Waals surface area contributed by atoms with Gasteiger partial charge in [0.2, 0.25) is 5.91 Å². The summed E-state index contributed by atoms with van der Waals surface area (Å²) in [7, 11) is 0. The van der Waals surface area contributed by atoms with Crippen LogP contribution >= 0.6 is 11.8 Å². The van der Waals surface area contributed by atoms with Crippen LogP contribution in [0.1, 0.15) is 33.6 Å². The smallest absolute Gasteiger partial charge is 0.236 e. The molecule has 84 valence electrons. The van der Waals surface area contributed by atoms with Crippen LogP contribution in [0.15, 0.2) is 0 Å². The summed E-state index contributed by atoms with van der Waals surface area (Å²) in [6, 6.07) is -0.349. The topological polar surface area (TPSA) is 55.1 Å². The molecule has 1 amide bonds. The van der Waals surface area contributed by atoms with Gasteiger partial charge in [0, 0.05) is 11.3 Å². The molecule has 3 nitrogen and oxygen atoms in total. The van der Waals surface area contributed by atoms with Gasteiger partial charge < -0.3 is 11.1 Å². The predicted octanol–water partition coefficient (Wildman–Crippen LogP) is 1.37. The molecule has 0 rings (SSSR count). The highest BCUT2D eigenvalue weighted by molar-refractivity contribution is 7.99. The summed E-state index contributed by atoms with van der Waals surface area (Å²) in [6.07, 6.45) is 3.74. The number of rotatable bonds is 6. The lowest BCUT2D eigenvalue weighted by Crippen LogP contribution is -2.45. The van der Waals surface area contributed by atoms with Crippen molar-refractivity contribution in [1.82, 2.24) is 5.32 Å². The first-order chi connectivity index (χ1) is 6.43. The Morgan fingerprint density at radius 2 is 2.14 bits per heavy atom. The Labute approximate surface area is 91.2 Å². The monoisotopic (exact) mass is 218 g/mol. The fourth-order valence-corrected chi connectivity index (χ4v) is 1.16. The molecule has 0 aliphatic heterocycles. The minimum absolute atomic E-state index is 0.0334. The van der Waals surface area contributed by atoms with E-state index < -0.39 is 0 Å². The third-order valence-electron chi connectivity index (χ3n) is 2.18. The van der Waals surface area contributed by atoms with Crippen LogP contribution in [-0.4, -0.2) is 29.5 Å². The number of carbonyl (C=O) groups is 1. The molecular formula is C10H22N2OS. The van der Waals surface area contributed by atoms with Crippen LogP contribution in [0, 0.1) is 0 Å². The molecule has 0 spiro atoms. The lowest BCUT2D eigenvalue weighted by Gasteiger charge is -2.23. The molecule has 0 aromatic heterocycles. The van der Waals surface area contributed by atoms with Crippen molar-refractivity contribution in [2.75, 3.05) is 12.8 Å². The standard InChI is InChI=1S/C10H22N2OS/c1-5-6-8(11)9(13)12-7-10(2,3)14-4/h8H,5-7,11H2,1-4H3,(H,12,13)/t8-/m1/s1. The van der Waals surface area contributed by atoms with Crippen LogP contribution in [0.25, 0.3) is 0 Å². The van der Waals surface area contributed by atoms with Gasteiger partial charge in [-0.15, -0.1) is 0 Å². The zero-order valence-corrected chi connectivity index (χ0v) is 10.4.